The lowest BCUT2D eigenvalue weighted by atomic mass is 10.2. The molecule has 0 unspecified atom stereocenters. The number of ether oxygens (including phenoxy) is 1. The molecule has 3 rings (SSSR count). The van der Waals surface area contributed by atoms with Crippen molar-refractivity contribution in [1.29, 1.82) is 0 Å². The van der Waals surface area contributed by atoms with Gasteiger partial charge in [0.1, 0.15) is 0 Å². The van der Waals surface area contributed by atoms with E-state index in [2.05, 4.69) is 10.2 Å². The van der Waals surface area contributed by atoms with Crippen molar-refractivity contribution in [3.8, 4) is 11.5 Å². The molecule has 2 aromatic carbocycles. The lowest BCUT2D eigenvalue weighted by Gasteiger charge is -2.18. The summed E-state index contributed by atoms with van der Waals surface area (Å²) in [6.07, 6.45) is 0. The highest BCUT2D eigenvalue weighted by Crippen LogP contribution is 2.21. The molecule has 0 bridgehead atoms. The number of halogens is 1. The quantitative estimate of drug-likeness (QED) is 0.482. The minimum atomic E-state index is -3.59. The second-order valence-corrected chi connectivity index (χ2v) is 8.57. The van der Waals surface area contributed by atoms with Crippen LogP contribution in [0.4, 0.5) is 0 Å². The maximum absolute atomic E-state index is 12.5. The van der Waals surface area contributed by atoms with Gasteiger partial charge in [-0.1, -0.05) is 25.4 Å². The van der Waals surface area contributed by atoms with Crippen LogP contribution < -0.4 is 0 Å². The molecule has 0 spiro atoms. The van der Waals surface area contributed by atoms with E-state index in [1.807, 2.05) is 0 Å². The summed E-state index contributed by atoms with van der Waals surface area (Å²) in [6, 6.07) is 12.5. The van der Waals surface area contributed by atoms with Crippen LogP contribution in [0.1, 0.15) is 30.1 Å². The van der Waals surface area contributed by atoms with Crippen molar-refractivity contribution in [1.82, 2.24) is 14.5 Å². The van der Waals surface area contributed by atoms with E-state index in [1.54, 1.807) is 38.1 Å². The first-order valence-electron chi connectivity index (χ1n) is 9.20. The SMILES string of the molecule is CCN(CC)S(=O)(=O)c1ccc(C(=O)OCc2nnc(-c3ccc(Cl)cc3)o2)cc1. The fourth-order valence-corrected chi connectivity index (χ4v) is 4.29. The summed E-state index contributed by atoms with van der Waals surface area (Å²) >= 11 is 5.85. The van der Waals surface area contributed by atoms with Crippen molar-refractivity contribution < 1.29 is 22.4 Å². The zero-order valence-corrected chi connectivity index (χ0v) is 18.0. The van der Waals surface area contributed by atoms with Crippen LogP contribution in [-0.4, -0.2) is 42.0 Å². The smallest absolute Gasteiger partial charge is 0.338 e. The highest BCUT2D eigenvalue weighted by Gasteiger charge is 2.22. The average molecular weight is 450 g/mol. The molecule has 1 heterocycles. The molecule has 0 aliphatic heterocycles. The summed E-state index contributed by atoms with van der Waals surface area (Å²) in [5.74, 6) is -0.217. The molecular formula is C20H20ClN3O5S. The molecule has 0 aliphatic carbocycles. The minimum absolute atomic E-state index is 0.118. The Labute approximate surface area is 179 Å². The molecule has 0 saturated carbocycles. The molecule has 0 N–H and O–H groups in total. The first-order valence-corrected chi connectivity index (χ1v) is 11.0. The summed E-state index contributed by atoms with van der Waals surface area (Å²) in [6.45, 7) is 4.06. The summed E-state index contributed by atoms with van der Waals surface area (Å²) < 4.78 is 37.0. The van der Waals surface area contributed by atoms with E-state index in [-0.39, 0.29) is 28.8 Å². The van der Waals surface area contributed by atoms with E-state index < -0.39 is 16.0 Å². The minimum Gasteiger partial charge on any atom is -0.452 e. The number of benzene rings is 2. The number of aromatic nitrogens is 2. The number of esters is 1. The van der Waals surface area contributed by atoms with Gasteiger partial charge < -0.3 is 9.15 Å². The van der Waals surface area contributed by atoms with E-state index in [0.717, 1.165) is 0 Å². The van der Waals surface area contributed by atoms with Crippen LogP contribution in [0.5, 0.6) is 0 Å². The molecule has 0 radical (unpaired) electrons. The highest BCUT2D eigenvalue weighted by molar-refractivity contribution is 7.89. The van der Waals surface area contributed by atoms with Gasteiger partial charge in [-0.15, -0.1) is 10.2 Å². The van der Waals surface area contributed by atoms with Crippen LogP contribution in [0.3, 0.4) is 0 Å². The van der Waals surface area contributed by atoms with E-state index in [0.29, 0.717) is 23.7 Å². The molecule has 3 aromatic rings. The van der Waals surface area contributed by atoms with Gasteiger partial charge in [0, 0.05) is 23.7 Å². The fraction of sp³-hybridized carbons (Fsp3) is 0.250. The van der Waals surface area contributed by atoms with Gasteiger partial charge in [0.25, 0.3) is 5.89 Å². The monoisotopic (exact) mass is 449 g/mol. The van der Waals surface area contributed by atoms with Gasteiger partial charge in [-0.2, -0.15) is 4.31 Å². The molecule has 158 valence electrons. The van der Waals surface area contributed by atoms with Crippen LogP contribution in [0.2, 0.25) is 5.02 Å². The largest absolute Gasteiger partial charge is 0.452 e. The lowest BCUT2D eigenvalue weighted by molar-refractivity contribution is 0.0438. The van der Waals surface area contributed by atoms with Crippen molar-refractivity contribution in [3.05, 3.63) is 65.0 Å². The van der Waals surface area contributed by atoms with Gasteiger partial charge in [0.05, 0.1) is 10.5 Å². The molecule has 0 atom stereocenters. The Morgan fingerprint density at radius 2 is 1.67 bits per heavy atom. The summed E-state index contributed by atoms with van der Waals surface area (Å²) in [7, 11) is -3.59. The average Bonchev–Trinajstić information content (AvgIpc) is 3.22. The first-order chi connectivity index (χ1) is 14.3. The number of hydrogen-bond donors (Lipinski definition) is 0. The Hall–Kier alpha value is -2.75. The van der Waals surface area contributed by atoms with Gasteiger partial charge in [-0.3, -0.25) is 0 Å². The third kappa shape index (κ3) is 4.86. The Kier molecular flexibility index (Phi) is 6.86. The van der Waals surface area contributed by atoms with Crippen molar-refractivity contribution >= 4 is 27.6 Å². The van der Waals surface area contributed by atoms with Gasteiger partial charge in [-0.05, 0) is 48.5 Å². The molecule has 0 fully saturated rings. The van der Waals surface area contributed by atoms with Crippen molar-refractivity contribution in [3.63, 3.8) is 0 Å². The Bertz CT molecular complexity index is 1110. The molecular weight excluding hydrogens is 430 g/mol. The summed E-state index contributed by atoms with van der Waals surface area (Å²) in [4.78, 5) is 12.4. The van der Waals surface area contributed by atoms with Crippen LogP contribution >= 0.6 is 11.6 Å². The number of carbonyl (C=O) groups is 1. The number of sulfonamides is 1. The fourth-order valence-electron chi connectivity index (χ4n) is 2.71. The standard InChI is InChI=1S/C20H20ClN3O5S/c1-3-24(4-2)30(26,27)17-11-7-15(8-12-17)20(25)28-13-18-22-23-19(29-18)14-5-9-16(21)10-6-14/h5-12H,3-4,13H2,1-2H3. The third-order valence-electron chi connectivity index (χ3n) is 4.32. The third-order valence-corrected chi connectivity index (χ3v) is 6.63. The zero-order valence-electron chi connectivity index (χ0n) is 16.4. The maximum atomic E-state index is 12.5. The topological polar surface area (TPSA) is 103 Å². The van der Waals surface area contributed by atoms with Gasteiger partial charge in [0.15, 0.2) is 6.61 Å². The van der Waals surface area contributed by atoms with Gasteiger partial charge in [-0.25, -0.2) is 13.2 Å². The highest BCUT2D eigenvalue weighted by atomic mass is 35.5. The molecule has 0 aliphatic rings. The molecule has 30 heavy (non-hydrogen) atoms. The Morgan fingerprint density at radius 1 is 1.03 bits per heavy atom. The molecule has 0 amide bonds. The lowest BCUT2D eigenvalue weighted by Crippen LogP contribution is -2.30. The van der Waals surface area contributed by atoms with Crippen molar-refractivity contribution in [2.24, 2.45) is 0 Å². The van der Waals surface area contributed by atoms with E-state index in [1.165, 1.54) is 28.6 Å². The van der Waals surface area contributed by atoms with Crippen LogP contribution in [0.25, 0.3) is 11.5 Å². The first kappa shape index (κ1) is 21.9. The Morgan fingerprint density at radius 3 is 2.27 bits per heavy atom. The van der Waals surface area contributed by atoms with E-state index in [4.69, 9.17) is 20.8 Å². The summed E-state index contributed by atoms with van der Waals surface area (Å²) in [5, 5.41) is 8.36. The maximum Gasteiger partial charge on any atom is 0.338 e. The van der Waals surface area contributed by atoms with E-state index in [9.17, 15) is 13.2 Å². The van der Waals surface area contributed by atoms with Crippen molar-refractivity contribution in [2.45, 2.75) is 25.3 Å². The predicted octanol–water partition coefficient (Wildman–Crippen LogP) is 3.78. The normalized spacial score (nSPS) is 11.6. The predicted molar refractivity (Wildman–Crippen MR) is 110 cm³/mol. The molecule has 10 heteroatoms. The number of nitrogens with zero attached hydrogens (tertiary/aromatic N) is 3. The van der Waals surface area contributed by atoms with Crippen LogP contribution in [0.15, 0.2) is 57.8 Å². The second-order valence-electron chi connectivity index (χ2n) is 6.20. The zero-order chi connectivity index (χ0) is 21.7. The van der Waals surface area contributed by atoms with Crippen molar-refractivity contribution in [2.75, 3.05) is 13.1 Å². The summed E-state index contributed by atoms with van der Waals surface area (Å²) in [5.41, 5.74) is 0.903. The number of carbonyl (C=O) groups excluding carboxylic acids is 1. The number of rotatable bonds is 8. The number of hydrogen-bond acceptors (Lipinski definition) is 7. The van der Waals surface area contributed by atoms with Gasteiger partial charge >= 0.3 is 5.97 Å². The van der Waals surface area contributed by atoms with Gasteiger partial charge in [0.2, 0.25) is 15.9 Å². The second kappa shape index (κ2) is 9.38. The molecule has 8 nitrogen and oxygen atoms in total. The van der Waals surface area contributed by atoms with Crippen LogP contribution in [-0.2, 0) is 21.4 Å². The Balaban J connectivity index is 1.64. The molecule has 0 saturated heterocycles. The van der Waals surface area contributed by atoms with Crippen LogP contribution in [0, 0.1) is 0 Å². The van der Waals surface area contributed by atoms with E-state index >= 15 is 0 Å². The molecule has 1 aromatic heterocycles.